The van der Waals surface area contributed by atoms with Crippen LogP contribution in [0.2, 0.25) is 5.02 Å². The third-order valence-corrected chi connectivity index (χ3v) is 3.89. The highest BCUT2D eigenvalue weighted by molar-refractivity contribution is 6.32. The van der Waals surface area contributed by atoms with Gasteiger partial charge in [-0.15, -0.1) is 0 Å². The Hall–Kier alpha value is -1.75. The van der Waals surface area contributed by atoms with Crippen molar-refractivity contribution in [3.05, 3.63) is 58.6 Å². The first kappa shape index (κ1) is 18.6. The largest absolute Gasteiger partial charge is 0.490 e. The zero-order valence-electron chi connectivity index (χ0n) is 14.2. The minimum atomic E-state index is -0.490. The Bertz CT molecular complexity index is 634. The highest BCUT2D eigenvalue weighted by atomic mass is 35.5. The van der Waals surface area contributed by atoms with E-state index in [-0.39, 0.29) is 0 Å². The van der Waals surface area contributed by atoms with E-state index in [1.807, 2.05) is 56.3 Å². The van der Waals surface area contributed by atoms with Crippen molar-refractivity contribution in [2.75, 3.05) is 19.8 Å². The minimum absolute atomic E-state index is 0.490. The summed E-state index contributed by atoms with van der Waals surface area (Å²) in [5.41, 5.74) is 1.96. The topological polar surface area (TPSA) is 55.3 Å². The summed E-state index contributed by atoms with van der Waals surface area (Å²) in [4.78, 5) is 0. The minimum Gasteiger partial charge on any atom is -0.490 e. The van der Waals surface area contributed by atoms with Gasteiger partial charge in [-0.05, 0) is 31.5 Å². The van der Waals surface area contributed by atoms with Crippen LogP contribution in [-0.2, 0) is 6.54 Å². The quantitative estimate of drug-likeness (QED) is 0.731. The van der Waals surface area contributed by atoms with Crippen LogP contribution < -0.4 is 14.8 Å². The van der Waals surface area contributed by atoms with Crippen molar-refractivity contribution in [3.8, 4) is 11.5 Å². The zero-order chi connectivity index (χ0) is 17.4. The van der Waals surface area contributed by atoms with Gasteiger partial charge < -0.3 is 19.9 Å². The van der Waals surface area contributed by atoms with Crippen molar-refractivity contribution in [2.45, 2.75) is 26.5 Å². The molecule has 0 aliphatic carbocycles. The molecule has 0 heterocycles. The van der Waals surface area contributed by atoms with Crippen LogP contribution in [-0.4, -0.2) is 24.9 Å². The van der Waals surface area contributed by atoms with Crippen LogP contribution in [0.3, 0.4) is 0 Å². The van der Waals surface area contributed by atoms with Gasteiger partial charge in [0, 0.05) is 5.56 Å². The Labute approximate surface area is 148 Å². The summed E-state index contributed by atoms with van der Waals surface area (Å²) in [5, 5.41) is 12.8. The molecule has 0 fully saturated rings. The summed E-state index contributed by atoms with van der Waals surface area (Å²) in [7, 11) is 0. The third-order valence-electron chi connectivity index (χ3n) is 3.61. The Morgan fingerprint density at radius 2 is 1.79 bits per heavy atom. The van der Waals surface area contributed by atoms with Crippen LogP contribution in [0.5, 0.6) is 11.5 Å². The summed E-state index contributed by atoms with van der Waals surface area (Å²) >= 11 is 6.32. The molecule has 24 heavy (non-hydrogen) atoms. The number of hydrogen-bond acceptors (Lipinski definition) is 3. The molecule has 130 valence electrons. The molecule has 0 aliphatic heterocycles. The first-order valence-corrected chi connectivity index (χ1v) is 8.66. The normalized spacial score (nSPS) is 12.0. The first-order valence-electron chi connectivity index (χ1n) is 8.28. The Kier molecular flexibility index (Phi) is 7.37. The summed E-state index contributed by atoms with van der Waals surface area (Å²) in [6.07, 6.45) is -0.490. The van der Waals surface area contributed by atoms with E-state index in [1.165, 1.54) is 0 Å². The zero-order valence-corrected chi connectivity index (χ0v) is 14.9. The van der Waals surface area contributed by atoms with E-state index in [2.05, 4.69) is 5.32 Å². The molecule has 0 amide bonds. The van der Waals surface area contributed by atoms with Gasteiger partial charge in [0.25, 0.3) is 0 Å². The van der Waals surface area contributed by atoms with E-state index in [4.69, 9.17) is 21.1 Å². The maximum atomic E-state index is 10.2. The fourth-order valence-corrected chi connectivity index (χ4v) is 2.79. The smallest absolute Gasteiger partial charge is 0.179 e. The van der Waals surface area contributed by atoms with Crippen molar-refractivity contribution in [2.24, 2.45) is 0 Å². The van der Waals surface area contributed by atoms with Gasteiger partial charge in [-0.2, -0.15) is 0 Å². The number of rotatable bonds is 9. The molecular formula is C19H25ClNO3+. The summed E-state index contributed by atoms with van der Waals surface area (Å²) in [6, 6.07) is 13.5. The monoisotopic (exact) mass is 350 g/mol. The van der Waals surface area contributed by atoms with Gasteiger partial charge in [0.15, 0.2) is 11.5 Å². The lowest BCUT2D eigenvalue weighted by atomic mass is 10.1. The fraction of sp³-hybridized carbons (Fsp3) is 0.368. The predicted molar refractivity (Wildman–Crippen MR) is 95.7 cm³/mol. The number of quaternary nitrogens is 1. The van der Waals surface area contributed by atoms with Crippen LogP contribution in [0.1, 0.15) is 31.1 Å². The molecule has 0 saturated carbocycles. The highest BCUT2D eigenvalue weighted by Gasteiger charge is 2.14. The van der Waals surface area contributed by atoms with Gasteiger partial charge in [-0.25, -0.2) is 0 Å². The van der Waals surface area contributed by atoms with Crippen LogP contribution in [0.25, 0.3) is 0 Å². The Morgan fingerprint density at radius 3 is 2.46 bits per heavy atom. The first-order chi connectivity index (χ1) is 11.7. The maximum Gasteiger partial charge on any atom is 0.179 e. The van der Waals surface area contributed by atoms with Crippen LogP contribution in [0.4, 0.5) is 0 Å². The molecule has 2 rings (SSSR count). The molecule has 3 N–H and O–H groups in total. The Balaban J connectivity index is 1.99. The lowest BCUT2D eigenvalue weighted by molar-refractivity contribution is -0.677. The second-order valence-corrected chi connectivity index (χ2v) is 5.83. The summed E-state index contributed by atoms with van der Waals surface area (Å²) < 4.78 is 11.2. The highest BCUT2D eigenvalue weighted by Crippen LogP contribution is 2.36. The van der Waals surface area contributed by atoms with Gasteiger partial charge in [-0.3, -0.25) is 0 Å². The van der Waals surface area contributed by atoms with Gasteiger partial charge in [0.2, 0.25) is 0 Å². The number of aliphatic hydroxyl groups is 1. The summed E-state index contributed by atoms with van der Waals surface area (Å²) in [6.45, 7) is 6.22. The van der Waals surface area contributed by atoms with Gasteiger partial charge in [0.1, 0.15) is 19.2 Å². The number of aliphatic hydroxyl groups excluding tert-OH is 1. The lowest BCUT2D eigenvalue weighted by Gasteiger charge is -2.14. The van der Waals surface area contributed by atoms with Crippen molar-refractivity contribution in [1.82, 2.24) is 0 Å². The van der Waals surface area contributed by atoms with Crippen molar-refractivity contribution in [1.29, 1.82) is 0 Å². The molecule has 0 spiro atoms. The van der Waals surface area contributed by atoms with Crippen molar-refractivity contribution < 1.29 is 19.9 Å². The van der Waals surface area contributed by atoms with E-state index in [1.54, 1.807) is 0 Å². The van der Waals surface area contributed by atoms with E-state index in [9.17, 15) is 5.11 Å². The van der Waals surface area contributed by atoms with E-state index >= 15 is 0 Å². The van der Waals surface area contributed by atoms with Gasteiger partial charge in [-0.1, -0.05) is 41.9 Å². The lowest BCUT2D eigenvalue weighted by Crippen LogP contribution is -2.83. The molecule has 0 unspecified atom stereocenters. The van der Waals surface area contributed by atoms with Crippen molar-refractivity contribution >= 4 is 11.6 Å². The molecule has 1 atom stereocenters. The molecule has 0 aliphatic rings. The molecule has 0 radical (unpaired) electrons. The molecule has 2 aromatic carbocycles. The van der Waals surface area contributed by atoms with E-state index in [0.717, 1.165) is 11.1 Å². The van der Waals surface area contributed by atoms with Crippen LogP contribution in [0.15, 0.2) is 42.5 Å². The average Bonchev–Trinajstić information content (AvgIpc) is 2.59. The number of hydrogen-bond donors (Lipinski definition) is 2. The number of ether oxygens (including phenoxy) is 2. The van der Waals surface area contributed by atoms with Crippen LogP contribution >= 0.6 is 11.6 Å². The van der Waals surface area contributed by atoms with E-state index < -0.39 is 6.10 Å². The molecule has 0 saturated heterocycles. The second kappa shape index (κ2) is 9.52. The SMILES string of the molecule is CCOc1cc(C[NH2+]C[C@H](O)c2ccccc2)cc(Cl)c1OCC. The van der Waals surface area contributed by atoms with Gasteiger partial charge >= 0.3 is 0 Å². The van der Waals surface area contributed by atoms with E-state index in [0.29, 0.717) is 42.8 Å². The van der Waals surface area contributed by atoms with Crippen molar-refractivity contribution in [3.63, 3.8) is 0 Å². The van der Waals surface area contributed by atoms with Crippen LogP contribution in [0, 0.1) is 0 Å². The number of halogens is 1. The average molecular weight is 351 g/mol. The number of benzene rings is 2. The molecule has 4 nitrogen and oxygen atoms in total. The standard InChI is InChI=1S/C19H24ClNO3/c1-3-23-18-11-14(10-16(20)19(18)24-4-2)12-21-13-17(22)15-8-6-5-7-9-15/h5-11,17,21-22H,3-4,12-13H2,1-2H3/p+1/t17-/m0/s1. The summed E-state index contributed by atoms with van der Waals surface area (Å²) in [5.74, 6) is 1.26. The fourth-order valence-electron chi connectivity index (χ4n) is 2.51. The Morgan fingerprint density at radius 1 is 1.08 bits per heavy atom. The molecular weight excluding hydrogens is 326 g/mol. The maximum absolute atomic E-state index is 10.2. The number of nitrogens with two attached hydrogens (primary N) is 1. The predicted octanol–water partition coefficient (Wildman–Crippen LogP) is 2.93. The molecule has 0 aromatic heterocycles. The molecule has 0 bridgehead atoms. The van der Waals surface area contributed by atoms with Gasteiger partial charge in [0.05, 0.1) is 18.2 Å². The molecule has 2 aromatic rings. The third kappa shape index (κ3) is 5.13. The second-order valence-electron chi connectivity index (χ2n) is 5.43. The molecule has 5 heteroatoms.